The summed E-state index contributed by atoms with van der Waals surface area (Å²) < 4.78 is 5.73. The Bertz CT molecular complexity index is 440. The minimum atomic E-state index is -0.555. The van der Waals surface area contributed by atoms with Crippen LogP contribution in [-0.4, -0.2) is 18.7 Å². The van der Waals surface area contributed by atoms with Gasteiger partial charge < -0.3 is 4.74 Å². The average molecular weight is 248 g/mol. The molecule has 1 fully saturated rings. The minimum absolute atomic E-state index is 0.0125. The van der Waals surface area contributed by atoms with E-state index in [0.29, 0.717) is 6.61 Å². The number of carbonyl (C=O) groups excluding carboxylic acids is 1. The topological polar surface area (TPSA) is 41.6 Å². The lowest BCUT2D eigenvalue weighted by Crippen LogP contribution is -2.42. The molecule has 1 aromatic carbocycles. The fourth-order valence-electron chi connectivity index (χ4n) is 2.09. The second-order valence-corrected chi connectivity index (χ2v) is 5.18. The van der Waals surface area contributed by atoms with E-state index in [4.69, 9.17) is 4.74 Å². The Hall–Kier alpha value is -1.55. The van der Waals surface area contributed by atoms with Crippen molar-refractivity contribution in [3.8, 4) is 0 Å². The van der Waals surface area contributed by atoms with Crippen molar-refractivity contribution in [2.24, 2.45) is 5.41 Å². The lowest BCUT2D eigenvalue weighted by atomic mass is 9.91. The summed E-state index contributed by atoms with van der Waals surface area (Å²) in [5.74, 6) is -0.0125. The number of aryl methyl sites for hydroxylation is 1. The summed E-state index contributed by atoms with van der Waals surface area (Å²) in [6, 6.07) is 8.03. The SMILES string of the molecule is CCOC1N(c2ccc(C)cc2)NC(=O)C1(C)C. The normalized spacial score (nSPS) is 22.1. The highest BCUT2D eigenvalue weighted by Crippen LogP contribution is 2.34. The molecule has 4 heteroatoms. The van der Waals surface area contributed by atoms with Crippen molar-refractivity contribution >= 4 is 11.6 Å². The number of hydrazine groups is 1. The van der Waals surface area contributed by atoms with Gasteiger partial charge in [-0.1, -0.05) is 17.7 Å². The molecule has 1 saturated heterocycles. The van der Waals surface area contributed by atoms with Crippen LogP contribution in [-0.2, 0) is 9.53 Å². The average Bonchev–Trinajstić information content (AvgIpc) is 2.54. The van der Waals surface area contributed by atoms with Crippen molar-refractivity contribution in [1.82, 2.24) is 5.43 Å². The predicted molar refractivity (Wildman–Crippen MR) is 71.0 cm³/mol. The number of benzene rings is 1. The molecule has 98 valence electrons. The maximum atomic E-state index is 12.0. The molecule has 1 amide bonds. The summed E-state index contributed by atoms with van der Waals surface area (Å²) in [6.45, 7) is 8.35. The molecule has 1 unspecified atom stereocenters. The second-order valence-electron chi connectivity index (χ2n) is 5.18. The van der Waals surface area contributed by atoms with Gasteiger partial charge in [-0.15, -0.1) is 0 Å². The molecule has 0 aromatic heterocycles. The monoisotopic (exact) mass is 248 g/mol. The fourth-order valence-corrected chi connectivity index (χ4v) is 2.09. The van der Waals surface area contributed by atoms with Crippen LogP contribution in [0.4, 0.5) is 5.69 Å². The Kier molecular flexibility index (Phi) is 3.30. The molecule has 4 nitrogen and oxygen atoms in total. The minimum Gasteiger partial charge on any atom is -0.356 e. The first kappa shape index (κ1) is 12.9. The molecule has 18 heavy (non-hydrogen) atoms. The lowest BCUT2D eigenvalue weighted by Gasteiger charge is -2.30. The maximum Gasteiger partial charge on any atom is 0.248 e. The number of hydrogen-bond donors (Lipinski definition) is 1. The van der Waals surface area contributed by atoms with Crippen molar-refractivity contribution < 1.29 is 9.53 Å². The van der Waals surface area contributed by atoms with Gasteiger partial charge in [-0.05, 0) is 39.8 Å². The molecule has 0 spiro atoms. The number of rotatable bonds is 3. The van der Waals surface area contributed by atoms with E-state index in [2.05, 4.69) is 5.43 Å². The third-order valence-corrected chi connectivity index (χ3v) is 3.30. The second kappa shape index (κ2) is 4.61. The van der Waals surface area contributed by atoms with E-state index < -0.39 is 5.41 Å². The molecule has 0 aliphatic carbocycles. The summed E-state index contributed by atoms with van der Waals surface area (Å²) in [7, 11) is 0. The summed E-state index contributed by atoms with van der Waals surface area (Å²) in [5.41, 5.74) is 4.46. The third-order valence-electron chi connectivity index (χ3n) is 3.30. The van der Waals surface area contributed by atoms with E-state index in [1.807, 2.05) is 57.0 Å². The highest BCUT2D eigenvalue weighted by Gasteiger charge is 2.48. The molecule has 1 N–H and O–H groups in total. The quantitative estimate of drug-likeness (QED) is 0.892. The molecule has 1 heterocycles. The van der Waals surface area contributed by atoms with Crippen LogP contribution < -0.4 is 10.4 Å². The van der Waals surface area contributed by atoms with Crippen molar-refractivity contribution in [3.05, 3.63) is 29.8 Å². The first-order valence-corrected chi connectivity index (χ1v) is 6.25. The first-order chi connectivity index (χ1) is 8.46. The number of anilines is 1. The molecule has 0 saturated carbocycles. The number of carbonyl (C=O) groups is 1. The van der Waals surface area contributed by atoms with E-state index in [-0.39, 0.29) is 12.1 Å². The largest absolute Gasteiger partial charge is 0.356 e. The zero-order chi connectivity index (χ0) is 13.3. The van der Waals surface area contributed by atoms with Crippen molar-refractivity contribution in [1.29, 1.82) is 0 Å². The Balaban J connectivity index is 2.32. The van der Waals surface area contributed by atoms with Crippen molar-refractivity contribution in [2.45, 2.75) is 33.9 Å². The van der Waals surface area contributed by atoms with E-state index in [1.165, 1.54) is 5.56 Å². The number of ether oxygens (including phenoxy) is 1. The van der Waals surface area contributed by atoms with E-state index >= 15 is 0 Å². The van der Waals surface area contributed by atoms with Gasteiger partial charge in [0.05, 0.1) is 11.1 Å². The number of nitrogens with one attached hydrogen (secondary N) is 1. The van der Waals surface area contributed by atoms with Crippen LogP contribution >= 0.6 is 0 Å². The van der Waals surface area contributed by atoms with Crippen LogP contribution in [0.3, 0.4) is 0 Å². The van der Waals surface area contributed by atoms with Gasteiger partial charge >= 0.3 is 0 Å². The highest BCUT2D eigenvalue weighted by atomic mass is 16.5. The highest BCUT2D eigenvalue weighted by molar-refractivity contribution is 5.87. The van der Waals surface area contributed by atoms with Gasteiger partial charge in [0, 0.05) is 6.61 Å². The number of amides is 1. The molecular weight excluding hydrogens is 228 g/mol. The molecular formula is C14H20N2O2. The smallest absolute Gasteiger partial charge is 0.248 e. The summed E-state index contributed by atoms with van der Waals surface area (Å²) in [5, 5.41) is 1.81. The van der Waals surface area contributed by atoms with E-state index in [0.717, 1.165) is 5.69 Å². The first-order valence-electron chi connectivity index (χ1n) is 6.25. The molecule has 1 aliphatic rings. The molecule has 0 radical (unpaired) electrons. The fraction of sp³-hybridized carbons (Fsp3) is 0.500. The Labute approximate surface area is 108 Å². The third kappa shape index (κ3) is 2.08. The maximum absolute atomic E-state index is 12.0. The summed E-state index contributed by atoms with van der Waals surface area (Å²) >= 11 is 0. The molecule has 0 bridgehead atoms. The van der Waals surface area contributed by atoms with Crippen molar-refractivity contribution in [2.75, 3.05) is 11.6 Å². The molecule has 1 aromatic rings. The Morgan fingerprint density at radius 3 is 2.50 bits per heavy atom. The molecule has 1 aliphatic heterocycles. The van der Waals surface area contributed by atoms with Gasteiger partial charge in [0.25, 0.3) is 0 Å². The Morgan fingerprint density at radius 1 is 1.33 bits per heavy atom. The van der Waals surface area contributed by atoms with Gasteiger partial charge in [0.15, 0.2) is 6.23 Å². The number of hydrogen-bond acceptors (Lipinski definition) is 3. The Morgan fingerprint density at radius 2 is 1.94 bits per heavy atom. The van der Waals surface area contributed by atoms with Gasteiger partial charge in [-0.3, -0.25) is 15.2 Å². The van der Waals surface area contributed by atoms with Crippen LogP contribution in [0.5, 0.6) is 0 Å². The molecule has 2 rings (SSSR count). The summed E-state index contributed by atoms with van der Waals surface area (Å²) in [6.07, 6.45) is -0.280. The van der Waals surface area contributed by atoms with Gasteiger partial charge in [0.2, 0.25) is 5.91 Å². The zero-order valence-electron chi connectivity index (χ0n) is 11.4. The van der Waals surface area contributed by atoms with E-state index in [9.17, 15) is 4.79 Å². The van der Waals surface area contributed by atoms with Gasteiger partial charge in [-0.2, -0.15) is 0 Å². The zero-order valence-corrected chi connectivity index (χ0v) is 11.4. The van der Waals surface area contributed by atoms with Crippen molar-refractivity contribution in [3.63, 3.8) is 0 Å². The molecule has 1 atom stereocenters. The predicted octanol–water partition coefficient (Wildman–Crippen LogP) is 2.24. The van der Waals surface area contributed by atoms with E-state index in [1.54, 1.807) is 0 Å². The van der Waals surface area contributed by atoms with Crippen LogP contribution in [0.25, 0.3) is 0 Å². The van der Waals surface area contributed by atoms with Crippen LogP contribution in [0, 0.1) is 12.3 Å². The van der Waals surface area contributed by atoms with Crippen LogP contribution in [0.15, 0.2) is 24.3 Å². The van der Waals surface area contributed by atoms with Crippen LogP contribution in [0.2, 0.25) is 0 Å². The van der Waals surface area contributed by atoms with Crippen LogP contribution in [0.1, 0.15) is 26.3 Å². The standard InChI is InChI=1S/C14H20N2O2/c1-5-18-13-14(3,4)12(17)15-16(13)11-8-6-10(2)7-9-11/h6-9,13H,5H2,1-4H3,(H,15,17). The number of nitrogens with zero attached hydrogens (tertiary/aromatic N) is 1. The van der Waals surface area contributed by atoms with Gasteiger partial charge in [-0.25, -0.2) is 0 Å². The van der Waals surface area contributed by atoms with Gasteiger partial charge in [0.1, 0.15) is 0 Å². The summed E-state index contributed by atoms with van der Waals surface area (Å²) in [4.78, 5) is 12.0. The lowest BCUT2D eigenvalue weighted by molar-refractivity contribution is -0.129.